The van der Waals surface area contributed by atoms with E-state index in [1.54, 1.807) is 0 Å². The van der Waals surface area contributed by atoms with Crippen molar-refractivity contribution in [1.82, 2.24) is 0 Å². The van der Waals surface area contributed by atoms with Crippen LogP contribution in [0.1, 0.15) is 6.92 Å². The van der Waals surface area contributed by atoms with E-state index < -0.39 is 5.91 Å². The van der Waals surface area contributed by atoms with E-state index in [0.29, 0.717) is 0 Å². The van der Waals surface area contributed by atoms with Crippen LogP contribution in [-0.4, -0.2) is 5.91 Å². The summed E-state index contributed by atoms with van der Waals surface area (Å²) < 4.78 is 0. The van der Waals surface area contributed by atoms with Crippen LogP contribution >= 0.6 is 0 Å². The first kappa shape index (κ1) is 15.7. The predicted molar refractivity (Wildman–Crippen MR) is 15.0 cm³/mol. The van der Waals surface area contributed by atoms with Gasteiger partial charge in [0, 0.05) is 5.91 Å². The average molecular weight is 116 g/mol. The molecule has 0 heterocycles. The number of rotatable bonds is 0. The Kier molecular flexibility index (Phi) is 24.6. The van der Waals surface area contributed by atoms with Crippen molar-refractivity contribution in [2.24, 2.45) is 0 Å². The first-order valence-corrected chi connectivity index (χ1v) is 0.954. The molecule has 0 radical (unpaired) electrons. The summed E-state index contributed by atoms with van der Waals surface area (Å²) in [7, 11) is 0. The van der Waals surface area contributed by atoms with Crippen LogP contribution in [0.25, 0.3) is 5.73 Å². The molecule has 2 nitrogen and oxygen atoms in total. The molecular formula is C2H4FKNO-. The fourth-order valence-electron chi connectivity index (χ4n) is 0. The van der Waals surface area contributed by atoms with Gasteiger partial charge < -0.3 is 15.2 Å². The van der Waals surface area contributed by atoms with Crippen molar-refractivity contribution in [2.45, 2.75) is 6.92 Å². The zero-order valence-corrected chi connectivity index (χ0v) is 6.91. The Morgan fingerprint density at radius 3 is 1.67 bits per heavy atom. The van der Waals surface area contributed by atoms with Crippen LogP contribution in [0.4, 0.5) is 0 Å². The Labute approximate surface area is 78.3 Å². The summed E-state index contributed by atoms with van der Waals surface area (Å²) in [6.07, 6.45) is 0. The van der Waals surface area contributed by atoms with Gasteiger partial charge in [-0.05, 0) is 6.92 Å². The summed E-state index contributed by atoms with van der Waals surface area (Å²) in [5, 5.41) is 0. The number of amides is 1. The number of carbonyl (C=O) groups excluding carboxylic acids is 1. The summed E-state index contributed by atoms with van der Waals surface area (Å²) in [6, 6.07) is 0. The second-order valence-corrected chi connectivity index (χ2v) is 0.556. The molecule has 0 aromatic heterocycles. The minimum Gasteiger partial charge on any atom is -1.00 e. The SMILES string of the molecule is CC([NH-])=O.[F-].[K+]. The van der Waals surface area contributed by atoms with Crippen LogP contribution in [0.5, 0.6) is 0 Å². The van der Waals surface area contributed by atoms with Gasteiger partial charge in [-0.25, -0.2) is 0 Å². The van der Waals surface area contributed by atoms with Crippen LogP contribution in [0, 0.1) is 0 Å². The first-order chi connectivity index (χ1) is 1.73. The molecular weight excluding hydrogens is 112 g/mol. The second kappa shape index (κ2) is 9.40. The summed E-state index contributed by atoms with van der Waals surface area (Å²) in [6.45, 7) is 1.19. The van der Waals surface area contributed by atoms with Crippen molar-refractivity contribution in [3.8, 4) is 0 Å². The summed E-state index contributed by atoms with van der Waals surface area (Å²) in [5.41, 5.74) is 5.94. The van der Waals surface area contributed by atoms with Crippen molar-refractivity contribution in [3.63, 3.8) is 0 Å². The molecule has 32 valence electrons. The molecule has 0 aliphatic heterocycles. The molecule has 0 atom stereocenters. The van der Waals surface area contributed by atoms with Gasteiger partial charge in [0.2, 0.25) is 0 Å². The molecule has 0 spiro atoms. The fourth-order valence-corrected chi connectivity index (χ4v) is 0. The quantitative estimate of drug-likeness (QED) is 0.291. The Morgan fingerprint density at radius 2 is 1.67 bits per heavy atom. The van der Waals surface area contributed by atoms with E-state index >= 15 is 0 Å². The standard InChI is InChI=1S/C2H5NO.FH.K/c1-2(3)4;;/h1H3,(H2,3,4);1H;/q;;+1/p-2. The maximum absolute atomic E-state index is 9.11. The van der Waals surface area contributed by atoms with Crippen LogP contribution in [0.2, 0.25) is 0 Å². The van der Waals surface area contributed by atoms with E-state index in [-0.39, 0.29) is 56.1 Å². The van der Waals surface area contributed by atoms with Gasteiger partial charge in [-0.2, -0.15) is 0 Å². The van der Waals surface area contributed by atoms with Crippen LogP contribution in [0.15, 0.2) is 0 Å². The molecule has 1 amide bonds. The minimum atomic E-state index is -0.583. The normalized spacial score (nSPS) is 4.17. The summed E-state index contributed by atoms with van der Waals surface area (Å²) in [4.78, 5) is 9.11. The summed E-state index contributed by atoms with van der Waals surface area (Å²) >= 11 is 0. The molecule has 0 unspecified atom stereocenters. The van der Waals surface area contributed by atoms with E-state index in [2.05, 4.69) is 0 Å². The molecule has 0 saturated heterocycles. The second-order valence-electron chi connectivity index (χ2n) is 0.556. The maximum atomic E-state index is 9.11. The number of nitrogens with one attached hydrogen (secondary N) is 1. The van der Waals surface area contributed by atoms with Gasteiger partial charge in [0.05, 0.1) is 0 Å². The molecule has 0 aromatic carbocycles. The molecule has 0 aliphatic carbocycles. The number of hydrogen-bond donors (Lipinski definition) is 0. The zero-order valence-electron chi connectivity index (χ0n) is 3.79. The molecule has 0 saturated carbocycles. The number of carbonyl (C=O) groups is 1. The predicted octanol–water partition coefficient (Wildman–Crippen LogP) is -5.41. The number of hydrogen-bond acceptors (Lipinski definition) is 1. The third-order valence-corrected chi connectivity index (χ3v) is 0. The van der Waals surface area contributed by atoms with E-state index in [0.717, 1.165) is 0 Å². The van der Waals surface area contributed by atoms with Gasteiger partial charge in [0.15, 0.2) is 0 Å². The fraction of sp³-hybridized carbons (Fsp3) is 0.500. The molecule has 1 N–H and O–H groups in total. The van der Waals surface area contributed by atoms with E-state index in [4.69, 9.17) is 10.5 Å². The molecule has 0 bridgehead atoms. The first-order valence-electron chi connectivity index (χ1n) is 0.954. The van der Waals surface area contributed by atoms with Gasteiger partial charge in [0.1, 0.15) is 0 Å². The van der Waals surface area contributed by atoms with Gasteiger partial charge >= 0.3 is 51.4 Å². The number of halogens is 1. The van der Waals surface area contributed by atoms with E-state index in [1.807, 2.05) is 0 Å². The van der Waals surface area contributed by atoms with Crippen molar-refractivity contribution in [1.29, 1.82) is 0 Å². The maximum Gasteiger partial charge on any atom is 1.00 e. The average Bonchev–Trinajstić information content (AvgIpc) is 0.811. The zero-order chi connectivity index (χ0) is 3.58. The van der Waals surface area contributed by atoms with Crippen molar-refractivity contribution >= 4 is 5.91 Å². The molecule has 6 heavy (non-hydrogen) atoms. The van der Waals surface area contributed by atoms with Gasteiger partial charge in [-0.15, -0.1) is 0 Å². The summed E-state index contributed by atoms with van der Waals surface area (Å²) in [5.74, 6) is -0.583. The topological polar surface area (TPSA) is 40.9 Å². The van der Waals surface area contributed by atoms with Crippen molar-refractivity contribution < 1.29 is 60.9 Å². The third-order valence-electron chi connectivity index (χ3n) is 0. The minimum absolute atomic E-state index is 0. The van der Waals surface area contributed by atoms with Gasteiger partial charge in [-0.3, -0.25) is 0 Å². The van der Waals surface area contributed by atoms with Crippen LogP contribution in [0.3, 0.4) is 0 Å². The van der Waals surface area contributed by atoms with Crippen molar-refractivity contribution in [3.05, 3.63) is 5.73 Å². The molecule has 0 rings (SSSR count). The van der Waals surface area contributed by atoms with Gasteiger partial charge in [0.25, 0.3) is 0 Å². The van der Waals surface area contributed by atoms with Crippen molar-refractivity contribution in [2.75, 3.05) is 0 Å². The van der Waals surface area contributed by atoms with Crippen LogP contribution in [-0.2, 0) is 4.79 Å². The monoisotopic (exact) mass is 116 g/mol. The Hall–Kier alpha value is 1.04. The molecule has 0 aliphatic rings. The molecule has 0 aromatic rings. The van der Waals surface area contributed by atoms with Crippen LogP contribution < -0.4 is 56.1 Å². The Balaban J connectivity index is -0.0000000450. The largest absolute Gasteiger partial charge is 1.00 e. The van der Waals surface area contributed by atoms with E-state index in [9.17, 15) is 0 Å². The molecule has 4 heteroatoms. The van der Waals surface area contributed by atoms with E-state index in [1.165, 1.54) is 6.92 Å². The smallest absolute Gasteiger partial charge is 1.00 e. The molecule has 0 fully saturated rings. The third kappa shape index (κ3) is 76.4. The Morgan fingerprint density at radius 1 is 1.67 bits per heavy atom. The van der Waals surface area contributed by atoms with Gasteiger partial charge in [-0.1, -0.05) is 0 Å². The Bertz CT molecular complexity index is 36.5.